The number of para-hydroxylation sites is 1. The fourth-order valence-corrected chi connectivity index (χ4v) is 2.81. The number of amides is 1. The van der Waals surface area contributed by atoms with E-state index in [0.717, 1.165) is 21.4 Å². The van der Waals surface area contributed by atoms with Crippen LogP contribution in [0.1, 0.15) is 26.3 Å². The lowest BCUT2D eigenvalue weighted by Crippen LogP contribution is -2.32. The van der Waals surface area contributed by atoms with E-state index in [1.807, 2.05) is 75.4 Å². The Kier molecular flexibility index (Phi) is 7.68. The first-order chi connectivity index (χ1) is 15.3. The number of aromatic nitrogens is 2. The van der Waals surface area contributed by atoms with Gasteiger partial charge in [-0.3, -0.25) is 0 Å². The molecule has 0 aliphatic carbocycles. The minimum Gasteiger partial charge on any atom is -0.444 e. The second kappa shape index (κ2) is 10.6. The van der Waals surface area contributed by atoms with Crippen LogP contribution in [0.25, 0.3) is 0 Å². The second-order valence-electron chi connectivity index (χ2n) is 7.74. The normalized spacial score (nSPS) is 10.5. The molecular weight excluding hydrogens is 470 g/mol. The number of hydrogen-bond donors (Lipinski definition) is 3. The van der Waals surface area contributed by atoms with Crippen molar-refractivity contribution in [1.82, 2.24) is 15.3 Å². The molecule has 0 saturated carbocycles. The van der Waals surface area contributed by atoms with Crippen LogP contribution < -0.4 is 16.0 Å². The monoisotopic (exact) mass is 493 g/mol. The summed E-state index contributed by atoms with van der Waals surface area (Å²) in [5.41, 5.74) is 2.05. The zero-order valence-electron chi connectivity index (χ0n) is 18.1. The Morgan fingerprint density at radius 2 is 1.72 bits per heavy atom. The Labute approximate surface area is 196 Å². The van der Waals surface area contributed by atoms with Gasteiger partial charge >= 0.3 is 6.09 Å². The van der Waals surface area contributed by atoms with Crippen LogP contribution >= 0.6 is 15.9 Å². The van der Waals surface area contributed by atoms with Crippen LogP contribution in [0.15, 0.2) is 65.3 Å². The van der Waals surface area contributed by atoms with Gasteiger partial charge in [-0.05, 0) is 73.1 Å². The van der Waals surface area contributed by atoms with E-state index in [0.29, 0.717) is 11.8 Å². The number of alkyl carbamates (subject to hydrolysis) is 1. The summed E-state index contributed by atoms with van der Waals surface area (Å²) in [6, 6.07) is 17.3. The summed E-state index contributed by atoms with van der Waals surface area (Å²) in [5.74, 6) is 7.03. The van der Waals surface area contributed by atoms with Gasteiger partial charge < -0.3 is 20.7 Å². The summed E-state index contributed by atoms with van der Waals surface area (Å²) < 4.78 is 5.93. The smallest absolute Gasteiger partial charge is 0.408 e. The Morgan fingerprint density at radius 1 is 1.03 bits per heavy atom. The summed E-state index contributed by atoms with van der Waals surface area (Å²) in [6.45, 7) is 5.65. The largest absolute Gasteiger partial charge is 0.444 e. The van der Waals surface area contributed by atoms with E-state index in [-0.39, 0.29) is 6.54 Å². The molecular formula is C24H24BrN5O2. The lowest BCUT2D eigenvalue weighted by atomic mass is 10.2. The number of nitrogens with zero attached hydrogens (tertiary/aromatic N) is 2. The highest BCUT2D eigenvalue weighted by Crippen LogP contribution is 2.25. The van der Waals surface area contributed by atoms with Gasteiger partial charge in [0.05, 0.1) is 11.0 Å². The van der Waals surface area contributed by atoms with Crippen molar-refractivity contribution >= 4 is 45.2 Å². The molecule has 1 heterocycles. The number of benzene rings is 2. The van der Waals surface area contributed by atoms with Crippen LogP contribution in [0.4, 0.5) is 27.9 Å². The molecule has 3 N–H and O–H groups in total. The summed E-state index contributed by atoms with van der Waals surface area (Å²) in [4.78, 5) is 20.4. The molecule has 3 rings (SSSR count). The molecule has 3 aromatic rings. The maximum absolute atomic E-state index is 11.6. The maximum atomic E-state index is 11.6. The molecule has 0 aliphatic heterocycles. The maximum Gasteiger partial charge on any atom is 0.408 e. The van der Waals surface area contributed by atoms with Gasteiger partial charge in [-0.25, -0.2) is 9.78 Å². The topological polar surface area (TPSA) is 88.2 Å². The van der Waals surface area contributed by atoms with Gasteiger partial charge in [0.25, 0.3) is 0 Å². The number of hydrogen-bond acceptors (Lipinski definition) is 6. The zero-order chi connectivity index (χ0) is 23.0. The van der Waals surface area contributed by atoms with Crippen molar-refractivity contribution in [2.75, 3.05) is 17.2 Å². The van der Waals surface area contributed by atoms with E-state index >= 15 is 0 Å². The van der Waals surface area contributed by atoms with Crippen LogP contribution in [0.2, 0.25) is 0 Å². The van der Waals surface area contributed by atoms with Gasteiger partial charge in [-0.1, -0.05) is 30.0 Å². The Bertz CT molecular complexity index is 1120. The zero-order valence-corrected chi connectivity index (χ0v) is 19.7. The van der Waals surface area contributed by atoms with Crippen LogP contribution in [-0.4, -0.2) is 28.2 Å². The van der Waals surface area contributed by atoms with Crippen molar-refractivity contribution in [3.8, 4) is 11.8 Å². The predicted octanol–water partition coefficient (Wildman–Crippen LogP) is 5.60. The van der Waals surface area contributed by atoms with Crippen molar-refractivity contribution in [2.24, 2.45) is 0 Å². The minimum atomic E-state index is -0.530. The van der Waals surface area contributed by atoms with Crippen molar-refractivity contribution in [3.05, 3.63) is 70.8 Å². The van der Waals surface area contributed by atoms with Gasteiger partial charge in [0, 0.05) is 23.1 Å². The molecule has 0 fully saturated rings. The molecule has 0 bridgehead atoms. The van der Waals surface area contributed by atoms with Crippen LogP contribution in [-0.2, 0) is 4.74 Å². The standard InChI is InChI=1S/C24H24BrN5O2/c1-24(2,3)32-23(31)26-15-7-8-17-11-13-19(14-12-17)29-22-27-16-20(25)21(30-22)28-18-9-5-4-6-10-18/h4-6,9-14,16H,15H2,1-3H3,(H,26,31)(H2,27,28,29,30). The highest BCUT2D eigenvalue weighted by atomic mass is 79.9. The van der Waals surface area contributed by atoms with Crippen molar-refractivity contribution < 1.29 is 9.53 Å². The molecule has 0 spiro atoms. The third-order valence-corrected chi connectivity index (χ3v) is 4.45. The molecule has 7 nitrogen and oxygen atoms in total. The third-order valence-electron chi connectivity index (χ3n) is 3.87. The highest BCUT2D eigenvalue weighted by Gasteiger charge is 2.15. The average molecular weight is 494 g/mol. The quantitative estimate of drug-likeness (QED) is 0.400. The number of anilines is 4. The van der Waals surface area contributed by atoms with E-state index in [2.05, 4.69) is 53.7 Å². The Hall–Kier alpha value is -3.57. The Balaban J connectivity index is 1.57. The molecule has 0 saturated heterocycles. The van der Waals surface area contributed by atoms with E-state index < -0.39 is 11.7 Å². The van der Waals surface area contributed by atoms with Gasteiger partial charge in [0.15, 0.2) is 0 Å². The SMILES string of the molecule is CC(C)(C)OC(=O)NCC#Cc1ccc(Nc2ncc(Br)c(Nc3ccccc3)n2)cc1. The summed E-state index contributed by atoms with van der Waals surface area (Å²) in [7, 11) is 0. The summed E-state index contributed by atoms with van der Waals surface area (Å²) in [6.07, 6.45) is 1.21. The molecule has 1 amide bonds. The van der Waals surface area contributed by atoms with E-state index in [1.54, 1.807) is 6.20 Å². The van der Waals surface area contributed by atoms with Crippen LogP contribution in [0.5, 0.6) is 0 Å². The highest BCUT2D eigenvalue weighted by molar-refractivity contribution is 9.10. The van der Waals surface area contributed by atoms with Crippen LogP contribution in [0.3, 0.4) is 0 Å². The molecule has 2 aromatic carbocycles. The fraction of sp³-hybridized carbons (Fsp3) is 0.208. The molecule has 32 heavy (non-hydrogen) atoms. The summed E-state index contributed by atoms with van der Waals surface area (Å²) >= 11 is 3.47. The average Bonchev–Trinajstić information content (AvgIpc) is 2.74. The number of halogens is 1. The Morgan fingerprint density at radius 3 is 2.41 bits per heavy atom. The van der Waals surface area contributed by atoms with E-state index in [4.69, 9.17) is 4.74 Å². The van der Waals surface area contributed by atoms with E-state index in [1.165, 1.54) is 0 Å². The van der Waals surface area contributed by atoms with Crippen molar-refractivity contribution in [2.45, 2.75) is 26.4 Å². The van der Waals surface area contributed by atoms with Crippen molar-refractivity contribution in [3.63, 3.8) is 0 Å². The summed E-state index contributed by atoms with van der Waals surface area (Å²) in [5, 5.41) is 9.05. The van der Waals surface area contributed by atoms with Gasteiger partial charge in [-0.2, -0.15) is 4.98 Å². The molecule has 0 atom stereocenters. The fourth-order valence-electron chi connectivity index (χ4n) is 2.52. The van der Waals surface area contributed by atoms with E-state index in [9.17, 15) is 4.79 Å². The van der Waals surface area contributed by atoms with Crippen LogP contribution in [0, 0.1) is 11.8 Å². The molecule has 1 aromatic heterocycles. The minimum absolute atomic E-state index is 0.207. The number of ether oxygens (including phenoxy) is 1. The number of rotatable bonds is 5. The lowest BCUT2D eigenvalue weighted by molar-refractivity contribution is 0.0535. The lowest BCUT2D eigenvalue weighted by Gasteiger charge is -2.18. The van der Waals surface area contributed by atoms with Crippen molar-refractivity contribution in [1.29, 1.82) is 0 Å². The first-order valence-corrected chi connectivity index (χ1v) is 10.8. The first-order valence-electron chi connectivity index (χ1n) is 9.96. The molecule has 8 heteroatoms. The van der Waals surface area contributed by atoms with Gasteiger partial charge in [-0.15, -0.1) is 0 Å². The molecule has 0 radical (unpaired) electrons. The molecule has 0 aliphatic rings. The number of carbonyl (C=O) groups is 1. The molecule has 0 unspecified atom stereocenters. The van der Waals surface area contributed by atoms with Gasteiger partial charge in [0.1, 0.15) is 11.4 Å². The second-order valence-corrected chi connectivity index (χ2v) is 8.60. The van der Waals surface area contributed by atoms with Gasteiger partial charge in [0.2, 0.25) is 5.95 Å². The first kappa shape index (κ1) is 23.1. The number of carbonyl (C=O) groups excluding carboxylic acids is 1. The molecule has 164 valence electrons. The third kappa shape index (κ3) is 7.60. The predicted molar refractivity (Wildman–Crippen MR) is 130 cm³/mol. The number of nitrogens with one attached hydrogen (secondary N) is 3.